The number of ether oxygens (including phenoxy) is 2. The van der Waals surface area contributed by atoms with Crippen molar-refractivity contribution in [2.24, 2.45) is 5.92 Å². The van der Waals surface area contributed by atoms with Crippen LogP contribution in [-0.4, -0.2) is 71.5 Å². The number of nitrogens with one attached hydrogen (secondary N) is 2. The van der Waals surface area contributed by atoms with Crippen LogP contribution in [0.25, 0.3) is 0 Å². The Morgan fingerprint density at radius 3 is 2.49 bits per heavy atom. The van der Waals surface area contributed by atoms with Crippen molar-refractivity contribution >= 4 is 23.7 Å². The van der Waals surface area contributed by atoms with Crippen LogP contribution in [0.3, 0.4) is 0 Å². The van der Waals surface area contributed by atoms with E-state index in [0.717, 1.165) is 5.56 Å². The van der Waals surface area contributed by atoms with Gasteiger partial charge in [-0.1, -0.05) is 29.8 Å². The summed E-state index contributed by atoms with van der Waals surface area (Å²) in [6.45, 7) is 4.17. The van der Waals surface area contributed by atoms with Crippen LogP contribution in [0.15, 0.2) is 42.6 Å². The van der Waals surface area contributed by atoms with E-state index in [4.69, 9.17) is 9.47 Å². The van der Waals surface area contributed by atoms with Crippen molar-refractivity contribution in [1.82, 2.24) is 20.5 Å². The molecule has 2 aliphatic heterocycles. The molecule has 0 spiro atoms. The van der Waals surface area contributed by atoms with Crippen molar-refractivity contribution in [3.05, 3.63) is 59.4 Å². The molecule has 2 aliphatic rings. The molecule has 1 aromatic heterocycles. The maximum Gasteiger partial charge on any atom is 0.471 e. The lowest BCUT2D eigenvalue weighted by Gasteiger charge is -2.34. The molecule has 1 aromatic carbocycles. The summed E-state index contributed by atoms with van der Waals surface area (Å²) < 4.78 is 49.4. The zero-order chi connectivity index (χ0) is 29.7. The van der Waals surface area contributed by atoms with E-state index in [0.29, 0.717) is 31.5 Å². The molecule has 10 nitrogen and oxygen atoms in total. The van der Waals surface area contributed by atoms with E-state index in [9.17, 15) is 32.3 Å². The Labute approximate surface area is 234 Å². The number of piperidine rings is 1. The number of cyclic esters (lactones) is 1. The Balaban J connectivity index is 1.39. The van der Waals surface area contributed by atoms with Crippen molar-refractivity contribution in [3.8, 4) is 5.75 Å². The summed E-state index contributed by atoms with van der Waals surface area (Å²) in [6, 6.07) is 8.47. The summed E-state index contributed by atoms with van der Waals surface area (Å²) >= 11 is 0. The number of amides is 3. The van der Waals surface area contributed by atoms with Gasteiger partial charge >= 0.3 is 18.1 Å². The van der Waals surface area contributed by atoms with E-state index in [1.54, 1.807) is 29.2 Å². The quantitative estimate of drug-likeness (QED) is 0.463. The first-order chi connectivity index (χ1) is 19.4. The zero-order valence-electron chi connectivity index (χ0n) is 22.6. The van der Waals surface area contributed by atoms with Gasteiger partial charge in [0.2, 0.25) is 5.91 Å². The topological polar surface area (TPSA) is 127 Å². The van der Waals surface area contributed by atoms with Crippen LogP contribution >= 0.6 is 0 Å². The third kappa shape index (κ3) is 7.74. The molecule has 2 fully saturated rings. The molecule has 0 unspecified atom stereocenters. The smallest absolute Gasteiger partial charge is 0.471 e. The number of hydrogen-bond acceptors (Lipinski definition) is 7. The van der Waals surface area contributed by atoms with E-state index < -0.39 is 42.0 Å². The highest BCUT2D eigenvalue weighted by Gasteiger charge is 2.40. The van der Waals surface area contributed by atoms with Crippen LogP contribution < -0.4 is 15.4 Å². The fraction of sp³-hybridized carbons (Fsp3) is 0.464. The molecule has 2 saturated heterocycles. The van der Waals surface area contributed by atoms with Gasteiger partial charge < -0.3 is 25.0 Å². The van der Waals surface area contributed by atoms with Crippen molar-refractivity contribution in [2.75, 3.05) is 19.7 Å². The maximum atomic E-state index is 12.9. The summed E-state index contributed by atoms with van der Waals surface area (Å²) in [5.74, 6) is -3.42. The van der Waals surface area contributed by atoms with Crippen LogP contribution in [0.4, 0.5) is 13.2 Å². The van der Waals surface area contributed by atoms with Gasteiger partial charge in [-0.05, 0) is 44.4 Å². The van der Waals surface area contributed by atoms with Gasteiger partial charge in [-0.15, -0.1) is 0 Å². The minimum absolute atomic E-state index is 0.0585. The number of rotatable bonds is 8. The van der Waals surface area contributed by atoms with Gasteiger partial charge in [0.15, 0.2) is 0 Å². The van der Waals surface area contributed by atoms with Gasteiger partial charge in [-0.25, -0.2) is 4.98 Å². The number of likely N-dealkylation sites (tertiary alicyclic amines) is 1. The van der Waals surface area contributed by atoms with E-state index in [-0.39, 0.29) is 36.4 Å². The van der Waals surface area contributed by atoms with Gasteiger partial charge in [-0.3, -0.25) is 19.2 Å². The van der Waals surface area contributed by atoms with Crippen LogP contribution in [0.2, 0.25) is 0 Å². The fourth-order valence-electron chi connectivity index (χ4n) is 4.79. The minimum Gasteiger partial charge on any atom is -0.482 e. The Morgan fingerprint density at radius 1 is 1.15 bits per heavy atom. The molecular formula is C28H31F3N4O6. The Bertz CT molecular complexity index is 1270. The lowest BCUT2D eigenvalue weighted by molar-refractivity contribution is -0.174. The van der Waals surface area contributed by atoms with Crippen molar-refractivity contribution in [2.45, 2.75) is 57.5 Å². The van der Waals surface area contributed by atoms with Gasteiger partial charge in [-0.2, -0.15) is 13.2 Å². The lowest BCUT2D eigenvalue weighted by atomic mass is 10.0. The van der Waals surface area contributed by atoms with Crippen molar-refractivity contribution in [3.63, 3.8) is 0 Å². The summed E-state index contributed by atoms with van der Waals surface area (Å²) in [7, 11) is 0. The Hall–Kier alpha value is -4.16. The number of pyridine rings is 1. The number of nitrogens with zero attached hydrogens (tertiary/aromatic N) is 2. The fourth-order valence-corrected chi connectivity index (χ4v) is 4.79. The molecular weight excluding hydrogens is 545 g/mol. The minimum atomic E-state index is -5.05. The van der Waals surface area contributed by atoms with Gasteiger partial charge in [0, 0.05) is 19.1 Å². The van der Waals surface area contributed by atoms with E-state index >= 15 is 0 Å². The molecule has 0 saturated carbocycles. The molecule has 4 atom stereocenters. The van der Waals surface area contributed by atoms with Crippen molar-refractivity contribution in [1.29, 1.82) is 0 Å². The SMILES string of the molecule is Cc1ccc([C@H](Oc2ccc(C(=O)N[C@H]3CCCN(C(=O)[C@@H]4COC(=O)C4)C3)nc2)[C@H](C)NC(=O)C(F)(F)F)cc1. The number of aromatic nitrogens is 1. The normalized spacial score (nSPS) is 20.5. The Kier molecular flexibility index (Phi) is 9.14. The molecule has 13 heteroatoms. The van der Waals surface area contributed by atoms with Crippen molar-refractivity contribution < 1.29 is 41.8 Å². The van der Waals surface area contributed by atoms with Gasteiger partial charge in [0.05, 0.1) is 24.6 Å². The number of hydrogen-bond donors (Lipinski definition) is 2. The molecule has 2 aromatic rings. The van der Waals surface area contributed by atoms with Crippen LogP contribution in [-0.2, 0) is 19.1 Å². The lowest BCUT2D eigenvalue weighted by Crippen LogP contribution is -2.51. The number of benzene rings is 1. The second kappa shape index (κ2) is 12.6. The average molecular weight is 577 g/mol. The molecule has 2 N–H and O–H groups in total. The largest absolute Gasteiger partial charge is 0.482 e. The number of halogens is 3. The summed E-state index contributed by atoms with van der Waals surface area (Å²) in [5, 5.41) is 4.81. The predicted molar refractivity (Wildman–Crippen MR) is 139 cm³/mol. The van der Waals surface area contributed by atoms with E-state index in [2.05, 4.69) is 10.3 Å². The third-order valence-corrected chi connectivity index (χ3v) is 6.98. The first-order valence-corrected chi connectivity index (χ1v) is 13.2. The Morgan fingerprint density at radius 2 is 1.88 bits per heavy atom. The number of aryl methyl sites for hydroxylation is 1. The molecule has 0 radical (unpaired) electrons. The number of esters is 1. The van der Waals surface area contributed by atoms with Crippen LogP contribution in [0.1, 0.15) is 53.9 Å². The maximum absolute atomic E-state index is 12.9. The van der Waals surface area contributed by atoms with E-state index in [1.165, 1.54) is 25.3 Å². The summed E-state index contributed by atoms with van der Waals surface area (Å²) in [4.78, 5) is 54.3. The van der Waals surface area contributed by atoms with Crippen LogP contribution in [0, 0.1) is 12.8 Å². The first kappa shape index (κ1) is 29.8. The molecule has 4 rings (SSSR count). The van der Waals surface area contributed by atoms with Crippen LogP contribution in [0.5, 0.6) is 5.75 Å². The number of alkyl halides is 3. The average Bonchev–Trinajstić information content (AvgIpc) is 3.38. The van der Waals surface area contributed by atoms with Gasteiger partial charge in [0.25, 0.3) is 5.91 Å². The molecule has 0 bridgehead atoms. The highest BCUT2D eigenvalue weighted by atomic mass is 19.4. The summed E-state index contributed by atoms with van der Waals surface area (Å²) in [5.41, 5.74) is 1.56. The highest BCUT2D eigenvalue weighted by Crippen LogP contribution is 2.27. The highest BCUT2D eigenvalue weighted by molar-refractivity contribution is 5.92. The standard InChI is InChI=1S/C28H31F3N4O6/c1-16-5-7-18(8-6-16)24(17(2)33-27(39)28(29,30)31)41-21-9-10-22(32-13-21)25(37)34-20-4-3-11-35(14-20)26(38)19-12-23(36)40-15-19/h5-10,13,17,19-20,24H,3-4,11-12,14-15H2,1-2H3,(H,33,39)(H,34,37)/t17-,19-,20-,24+/m0/s1. The molecule has 0 aliphatic carbocycles. The van der Waals surface area contributed by atoms with Gasteiger partial charge in [0.1, 0.15) is 24.2 Å². The molecule has 220 valence electrons. The molecule has 3 heterocycles. The zero-order valence-corrected chi connectivity index (χ0v) is 22.6. The number of carbonyl (C=O) groups is 4. The third-order valence-electron chi connectivity index (χ3n) is 6.98. The first-order valence-electron chi connectivity index (χ1n) is 13.2. The molecule has 3 amide bonds. The summed E-state index contributed by atoms with van der Waals surface area (Å²) in [6.07, 6.45) is -3.34. The second-order valence-corrected chi connectivity index (χ2v) is 10.3. The second-order valence-electron chi connectivity index (χ2n) is 10.3. The predicted octanol–water partition coefficient (Wildman–Crippen LogP) is 2.86. The monoisotopic (exact) mass is 576 g/mol. The van der Waals surface area contributed by atoms with E-state index in [1.807, 2.05) is 12.2 Å². The number of carbonyl (C=O) groups excluding carboxylic acids is 4. The molecule has 41 heavy (non-hydrogen) atoms.